The van der Waals surface area contributed by atoms with Crippen LogP contribution in [0.2, 0.25) is 5.02 Å². The summed E-state index contributed by atoms with van der Waals surface area (Å²) in [6, 6.07) is 11.5. The van der Waals surface area contributed by atoms with E-state index < -0.39 is 0 Å². The first-order chi connectivity index (χ1) is 9.78. The lowest BCUT2D eigenvalue weighted by Gasteiger charge is -2.11. The lowest BCUT2D eigenvalue weighted by Crippen LogP contribution is -2.00. The summed E-state index contributed by atoms with van der Waals surface area (Å²) in [6.45, 7) is 0.851. The van der Waals surface area contributed by atoms with E-state index in [-0.39, 0.29) is 6.79 Å². The third-order valence-electron chi connectivity index (χ3n) is 3.07. The smallest absolute Gasteiger partial charge is 0.231 e. The molecular formula is C15H14ClNO3. The predicted molar refractivity (Wildman–Crippen MR) is 77.9 cm³/mol. The fourth-order valence-corrected chi connectivity index (χ4v) is 2.29. The number of benzene rings is 2. The molecule has 3 rings (SSSR count). The molecule has 2 aromatic rings. The van der Waals surface area contributed by atoms with Gasteiger partial charge in [-0.25, -0.2) is 0 Å². The molecule has 0 amide bonds. The summed E-state index contributed by atoms with van der Waals surface area (Å²) in [6.07, 6.45) is 0. The van der Waals surface area contributed by atoms with Crippen LogP contribution in [-0.2, 0) is 6.54 Å². The van der Waals surface area contributed by atoms with Crippen LogP contribution in [0, 0.1) is 0 Å². The number of hydrogen-bond acceptors (Lipinski definition) is 4. The molecule has 0 aromatic heterocycles. The Bertz CT molecular complexity index is 631. The fourth-order valence-electron chi connectivity index (χ4n) is 2.09. The van der Waals surface area contributed by atoms with Crippen LogP contribution in [0.1, 0.15) is 5.56 Å². The van der Waals surface area contributed by atoms with Gasteiger partial charge in [0.25, 0.3) is 0 Å². The molecule has 0 bridgehead atoms. The summed E-state index contributed by atoms with van der Waals surface area (Å²) < 4.78 is 16.1. The number of para-hydroxylation sites is 1. The number of hydrogen-bond donors (Lipinski definition) is 1. The first kappa shape index (κ1) is 12.9. The van der Waals surface area contributed by atoms with Crippen molar-refractivity contribution in [3.63, 3.8) is 0 Å². The second-order valence-corrected chi connectivity index (χ2v) is 4.77. The van der Waals surface area contributed by atoms with Crippen LogP contribution < -0.4 is 19.5 Å². The second-order valence-electron chi connectivity index (χ2n) is 4.37. The first-order valence-electron chi connectivity index (χ1n) is 6.23. The third kappa shape index (κ3) is 2.47. The van der Waals surface area contributed by atoms with E-state index in [4.69, 9.17) is 25.8 Å². The summed E-state index contributed by atoms with van der Waals surface area (Å²) in [7, 11) is 1.61. The Morgan fingerprint density at radius 2 is 2.10 bits per heavy atom. The highest BCUT2D eigenvalue weighted by Crippen LogP contribution is 2.41. The van der Waals surface area contributed by atoms with Crippen molar-refractivity contribution < 1.29 is 14.2 Å². The quantitative estimate of drug-likeness (QED) is 0.932. The topological polar surface area (TPSA) is 39.7 Å². The molecule has 1 N–H and O–H groups in total. The van der Waals surface area contributed by atoms with Crippen molar-refractivity contribution in [3.05, 3.63) is 47.0 Å². The number of nitrogens with one attached hydrogen (secondary N) is 1. The highest BCUT2D eigenvalue weighted by Gasteiger charge is 2.19. The number of fused-ring (bicyclic) bond motifs is 1. The molecular weight excluding hydrogens is 278 g/mol. The molecule has 0 radical (unpaired) electrons. The molecule has 0 spiro atoms. The minimum Gasteiger partial charge on any atom is -0.493 e. The molecule has 0 fully saturated rings. The predicted octanol–water partition coefficient (Wildman–Crippen LogP) is 3.69. The lowest BCUT2D eigenvalue weighted by molar-refractivity contribution is 0.171. The minimum atomic E-state index is 0.229. The summed E-state index contributed by atoms with van der Waals surface area (Å²) >= 11 is 6.11. The van der Waals surface area contributed by atoms with Gasteiger partial charge in [-0.2, -0.15) is 0 Å². The molecule has 0 saturated carbocycles. The molecule has 0 atom stereocenters. The second kappa shape index (κ2) is 5.51. The summed E-state index contributed by atoms with van der Waals surface area (Å²) in [4.78, 5) is 0. The van der Waals surface area contributed by atoms with Crippen molar-refractivity contribution in [3.8, 4) is 17.2 Å². The molecule has 5 heteroatoms. The summed E-state index contributed by atoms with van der Waals surface area (Å²) in [5, 5.41) is 3.98. The van der Waals surface area contributed by atoms with Crippen molar-refractivity contribution in [2.45, 2.75) is 6.54 Å². The Labute approximate surface area is 122 Å². The average Bonchev–Trinajstić information content (AvgIpc) is 2.94. The molecule has 1 aliphatic rings. The standard InChI is InChI=1S/C15H14ClNO3/c1-18-13-6-10(7-14-15(13)20-9-19-14)8-17-12-5-3-2-4-11(12)16/h2-7,17H,8-9H2,1H3. The van der Waals surface area contributed by atoms with E-state index >= 15 is 0 Å². The minimum absolute atomic E-state index is 0.229. The van der Waals surface area contributed by atoms with Gasteiger partial charge in [0.2, 0.25) is 12.5 Å². The van der Waals surface area contributed by atoms with Gasteiger partial charge >= 0.3 is 0 Å². The van der Waals surface area contributed by atoms with Gasteiger partial charge in [0.15, 0.2) is 11.5 Å². The normalized spacial score (nSPS) is 12.3. The molecule has 0 saturated heterocycles. The van der Waals surface area contributed by atoms with Crippen LogP contribution >= 0.6 is 11.6 Å². The molecule has 2 aromatic carbocycles. The number of rotatable bonds is 4. The number of methoxy groups -OCH3 is 1. The van der Waals surface area contributed by atoms with Gasteiger partial charge < -0.3 is 19.5 Å². The van der Waals surface area contributed by atoms with Crippen LogP contribution in [-0.4, -0.2) is 13.9 Å². The Morgan fingerprint density at radius 1 is 1.25 bits per heavy atom. The van der Waals surface area contributed by atoms with E-state index in [1.165, 1.54) is 0 Å². The van der Waals surface area contributed by atoms with E-state index in [0.29, 0.717) is 28.8 Å². The van der Waals surface area contributed by atoms with Crippen LogP contribution in [0.15, 0.2) is 36.4 Å². The molecule has 0 aliphatic carbocycles. The average molecular weight is 292 g/mol. The highest BCUT2D eigenvalue weighted by atomic mass is 35.5. The van der Waals surface area contributed by atoms with E-state index in [1.807, 2.05) is 36.4 Å². The van der Waals surface area contributed by atoms with Gasteiger partial charge in [-0.05, 0) is 29.8 Å². The maximum Gasteiger partial charge on any atom is 0.231 e. The molecule has 1 heterocycles. The zero-order valence-corrected chi connectivity index (χ0v) is 11.7. The lowest BCUT2D eigenvalue weighted by atomic mass is 10.1. The van der Waals surface area contributed by atoms with Crippen LogP contribution in [0.3, 0.4) is 0 Å². The maximum atomic E-state index is 6.11. The Kier molecular flexibility index (Phi) is 3.56. The molecule has 0 unspecified atom stereocenters. The zero-order valence-electron chi connectivity index (χ0n) is 11.0. The molecule has 20 heavy (non-hydrogen) atoms. The Morgan fingerprint density at radius 3 is 2.90 bits per heavy atom. The fraction of sp³-hybridized carbons (Fsp3) is 0.200. The molecule has 1 aliphatic heterocycles. The largest absolute Gasteiger partial charge is 0.493 e. The van der Waals surface area contributed by atoms with E-state index in [9.17, 15) is 0 Å². The van der Waals surface area contributed by atoms with Gasteiger partial charge in [0, 0.05) is 6.54 Å². The molecule has 104 valence electrons. The van der Waals surface area contributed by atoms with Gasteiger partial charge in [0.1, 0.15) is 0 Å². The van der Waals surface area contributed by atoms with Crippen molar-refractivity contribution in [1.82, 2.24) is 0 Å². The van der Waals surface area contributed by atoms with E-state index in [0.717, 1.165) is 11.3 Å². The zero-order chi connectivity index (χ0) is 13.9. The maximum absolute atomic E-state index is 6.11. The molecule has 4 nitrogen and oxygen atoms in total. The third-order valence-corrected chi connectivity index (χ3v) is 3.40. The number of halogens is 1. The van der Waals surface area contributed by atoms with Crippen molar-refractivity contribution in [1.29, 1.82) is 0 Å². The Hall–Kier alpha value is -2.07. The highest BCUT2D eigenvalue weighted by molar-refractivity contribution is 6.33. The van der Waals surface area contributed by atoms with Gasteiger partial charge in [-0.3, -0.25) is 0 Å². The Balaban J connectivity index is 1.80. The van der Waals surface area contributed by atoms with E-state index in [2.05, 4.69) is 5.32 Å². The van der Waals surface area contributed by atoms with Gasteiger partial charge in [-0.1, -0.05) is 23.7 Å². The van der Waals surface area contributed by atoms with Crippen molar-refractivity contribution >= 4 is 17.3 Å². The SMILES string of the molecule is COc1cc(CNc2ccccc2Cl)cc2c1OCO2. The summed E-state index contributed by atoms with van der Waals surface area (Å²) in [5.74, 6) is 2.05. The van der Waals surface area contributed by atoms with Gasteiger partial charge in [0.05, 0.1) is 17.8 Å². The van der Waals surface area contributed by atoms with Crippen molar-refractivity contribution in [2.75, 3.05) is 19.2 Å². The van der Waals surface area contributed by atoms with E-state index in [1.54, 1.807) is 7.11 Å². The number of ether oxygens (including phenoxy) is 3. The van der Waals surface area contributed by atoms with Crippen LogP contribution in [0.5, 0.6) is 17.2 Å². The van der Waals surface area contributed by atoms with Crippen molar-refractivity contribution in [2.24, 2.45) is 0 Å². The van der Waals surface area contributed by atoms with Crippen LogP contribution in [0.4, 0.5) is 5.69 Å². The van der Waals surface area contributed by atoms with Gasteiger partial charge in [-0.15, -0.1) is 0 Å². The summed E-state index contributed by atoms with van der Waals surface area (Å²) in [5.41, 5.74) is 1.93. The monoisotopic (exact) mass is 291 g/mol. The van der Waals surface area contributed by atoms with Crippen LogP contribution in [0.25, 0.3) is 0 Å². The first-order valence-corrected chi connectivity index (χ1v) is 6.60. The number of anilines is 1.